The standard InChI is InChI=1S/C23H20O2S/c1-17-12-14-20(15-13-17)26-22(23(25)19-10-6-3-7-11-19)16-21(24)18-8-4-2-5-9-18/h2-15,22H,16H2,1H3. The van der Waals surface area contributed by atoms with Crippen molar-refractivity contribution in [3.05, 3.63) is 102 Å². The van der Waals surface area contributed by atoms with Crippen molar-refractivity contribution in [2.75, 3.05) is 0 Å². The van der Waals surface area contributed by atoms with E-state index >= 15 is 0 Å². The zero-order valence-corrected chi connectivity index (χ0v) is 15.4. The average Bonchev–Trinajstić information content (AvgIpc) is 2.70. The van der Waals surface area contributed by atoms with Gasteiger partial charge in [-0.05, 0) is 19.1 Å². The van der Waals surface area contributed by atoms with Crippen LogP contribution in [-0.4, -0.2) is 16.8 Å². The van der Waals surface area contributed by atoms with Crippen molar-refractivity contribution in [3.63, 3.8) is 0 Å². The molecule has 3 aromatic rings. The molecule has 0 bridgehead atoms. The number of carbonyl (C=O) groups is 2. The van der Waals surface area contributed by atoms with Crippen LogP contribution in [0.25, 0.3) is 0 Å². The third-order valence-corrected chi connectivity index (χ3v) is 5.33. The molecule has 1 unspecified atom stereocenters. The molecular formula is C23H20O2S. The zero-order valence-electron chi connectivity index (χ0n) is 14.6. The number of hydrogen-bond acceptors (Lipinski definition) is 3. The predicted molar refractivity (Wildman–Crippen MR) is 107 cm³/mol. The van der Waals surface area contributed by atoms with Crippen LogP contribution in [0.15, 0.2) is 89.8 Å². The monoisotopic (exact) mass is 360 g/mol. The smallest absolute Gasteiger partial charge is 0.176 e. The van der Waals surface area contributed by atoms with Crippen molar-refractivity contribution in [3.8, 4) is 0 Å². The van der Waals surface area contributed by atoms with E-state index in [-0.39, 0.29) is 18.0 Å². The summed E-state index contributed by atoms with van der Waals surface area (Å²) < 4.78 is 0. The Kier molecular flexibility index (Phi) is 6.03. The molecule has 0 fully saturated rings. The SMILES string of the molecule is Cc1ccc(SC(CC(=O)c2ccccc2)C(=O)c2ccccc2)cc1. The molecule has 0 heterocycles. The fourth-order valence-electron chi connectivity index (χ4n) is 2.67. The summed E-state index contributed by atoms with van der Waals surface area (Å²) >= 11 is 1.45. The van der Waals surface area contributed by atoms with E-state index in [0.717, 1.165) is 4.90 Å². The highest BCUT2D eigenvalue weighted by Gasteiger charge is 2.24. The highest BCUT2D eigenvalue weighted by Crippen LogP contribution is 2.29. The van der Waals surface area contributed by atoms with Crippen molar-refractivity contribution in [2.45, 2.75) is 23.5 Å². The Hall–Kier alpha value is -2.65. The molecule has 3 rings (SSSR count). The Morgan fingerprint density at radius 2 is 1.31 bits per heavy atom. The molecule has 0 amide bonds. The molecule has 2 nitrogen and oxygen atoms in total. The molecule has 0 spiro atoms. The summed E-state index contributed by atoms with van der Waals surface area (Å²) in [4.78, 5) is 26.7. The lowest BCUT2D eigenvalue weighted by Crippen LogP contribution is -2.21. The van der Waals surface area contributed by atoms with Crippen molar-refractivity contribution in [1.82, 2.24) is 0 Å². The Bertz CT molecular complexity index is 871. The van der Waals surface area contributed by atoms with E-state index in [0.29, 0.717) is 11.1 Å². The van der Waals surface area contributed by atoms with Gasteiger partial charge in [0.2, 0.25) is 0 Å². The Morgan fingerprint density at radius 3 is 1.88 bits per heavy atom. The lowest BCUT2D eigenvalue weighted by atomic mass is 10.0. The molecule has 130 valence electrons. The number of ketones is 2. The first-order chi connectivity index (χ1) is 12.6. The van der Waals surface area contributed by atoms with Crippen LogP contribution in [0, 0.1) is 6.92 Å². The summed E-state index contributed by atoms with van der Waals surface area (Å²) in [5.41, 5.74) is 2.45. The van der Waals surface area contributed by atoms with Crippen LogP contribution in [0.5, 0.6) is 0 Å². The van der Waals surface area contributed by atoms with Crippen LogP contribution in [0.1, 0.15) is 32.7 Å². The molecule has 0 aliphatic carbocycles. The second-order valence-electron chi connectivity index (χ2n) is 6.14. The number of aryl methyl sites for hydroxylation is 1. The first-order valence-electron chi connectivity index (χ1n) is 8.54. The van der Waals surface area contributed by atoms with E-state index in [1.165, 1.54) is 17.3 Å². The lowest BCUT2D eigenvalue weighted by molar-refractivity contribution is 0.0924. The van der Waals surface area contributed by atoms with Gasteiger partial charge in [-0.1, -0.05) is 78.4 Å². The molecule has 0 saturated heterocycles. The molecule has 3 heteroatoms. The van der Waals surface area contributed by atoms with Gasteiger partial charge in [-0.15, -0.1) is 11.8 Å². The first-order valence-corrected chi connectivity index (χ1v) is 9.42. The third kappa shape index (κ3) is 4.70. The maximum Gasteiger partial charge on any atom is 0.176 e. The minimum atomic E-state index is -0.451. The number of carbonyl (C=O) groups excluding carboxylic acids is 2. The minimum absolute atomic E-state index is 0.0135. The molecule has 0 radical (unpaired) electrons. The quantitative estimate of drug-likeness (QED) is 0.405. The predicted octanol–water partition coefficient (Wildman–Crippen LogP) is 5.61. The Labute approximate surface area is 158 Å². The number of hydrogen-bond donors (Lipinski definition) is 0. The fourth-order valence-corrected chi connectivity index (χ4v) is 3.77. The van der Waals surface area contributed by atoms with E-state index in [9.17, 15) is 9.59 Å². The second kappa shape index (κ2) is 8.63. The maximum absolute atomic E-state index is 13.0. The lowest BCUT2D eigenvalue weighted by Gasteiger charge is -2.15. The van der Waals surface area contributed by atoms with Gasteiger partial charge in [-0.3, -0.25) is 9.59 Å². The van der Waals surface area contributed by atoms with Crippen LogP contribution in [-0.2, 0) is 0 Å². The van der Waals surface area contributed by atoms with Crippen LogP contribution in [0.4, 0.5) is 0 Å². The summed E-state index contributed by atoms with van der Waals surface area (Å²) in [5, 5.41) is -0.451. The van der Waals surface area contributed by atoms with Crippen molar-refractivity contribution in [2.24, 2.45) is 0 Å². The summed E-state index contributed by atoms with van der Waals surface area (Å²) in [6.07, 6.45) is 0.177. The topological polar surface area (TPSA) is 34.1 Å². The molecule has 0 aromatic heterocycles. The normalized spacial score (nSPS) is 11.7. The van der Waals surface area contributed by atoms with Gasteiger partial charge >= 0.3 is 0 Å². The van der Waals surface area contributed by atoms with Crippen LogP contribution in [0.2, 0.25) is 0 Å². The zero-order chi connectivity index (χ0) is 18.4. The molecule has 0 N–H and O–H groups in total. The van der Waals surface area contributed by atoms with Gasteiger partial charge in [0, 0.05) is 22.4 Å². The van der Waals surface area contributed by atoms with Gasteiger partial charge < -0.3 is 0 Å². The van der Waals surface area contributed by atoms with E-state index in [1.54, 1.807) is 24.3 Å². The highest BCUT2D eigenvalue weighted by molar-refractivity contribution is 8.00. The minimum Gasteiger partial charge on any atom is -0.294 e. The number of rotatable bonds is 7. The molecule has 1 atom stereocenters. The van der Waals surface area contributed by atoms with Gasteiger partial charge in [0.1, 0.15) is 0 Å². The summed E-state index contributed by atoms with van der Waals surface area (Å²) in [7, 11) is 0. The largest absolute Gasteiger partial charge is 0.294 e. The van der Waals surface area contributed by atoms with Crippen LogP contribution < -0.4 is 0 Å². The fraction of sp³-hybridized carbons (Fsp3) is 0.130. The Morgan fingerprint density at radius 1 is 0.769 bits per heavy atom. The van der Waals surface area contributed by atoms with Crippen LogP contribution >= 0.6 is 11.8 Å². The van der Waals surface area contributed by atoms with Crippen molar-refractivity contribution < 1.29 is 9.59 Å². The van der Waals surface area contributed by atoms with Gasteiger partial charge in [-0.25, -0.2) is 0 Å². The van der Waals surface area contributed by atoms with Gasteiger partial charge in [0.05, 0.1) is 5.25 Å². The molecular weight excluding hydrogens is 340 g/mol. The number of benzene rings is 3. The van der Waals surface area contributed by atoms with Gasteiger partial charge in [-0.2, -0.15) is 0 Å². The van der Waals surface area contributed by atoms with E-state index in [2.05, 4.69) is 0 Å². The first kappa shape index (κ1) is 18.2. The molecule has 3 aromatic carbocycles. The summed E-state index contributed by atoms with van der Waals surface area (Å²) in [6, 6.07) is 26.4. The molecule has 26 heavy (non-hydrogen) atoms. The van der Waals surface area contributed by atoms with Crippen LogP contribution in [0.3, 0.4) is 0 Å². The number of thioether (sulfide) groups is 1. The van der Waals surface area contributed by atoms with Gasteiger partial charge in [0.15, 0.2) is 11.6 Å². The van der Waals surface area contributed by atoms with Crippen molar-refractivity contribution in [1.29, 1.82) is 0 Å². The number of Topliss-reactive ketones (excluding diaryl/α,β-unsaturated/α-hetero) is 2. The second-order valence-corrected chi connectivity index (χ2v) is 7.42. The van der Waals surface area contributed by atoms with E-state index < -0.39 is 5.25 Å². The van der Waals surface area contributed by atoms with Gasteiger partial charge in [0.25, 0.3) is 0 Å². The van der Waals surface area contributed by atoms with E-state index in [4.69, 9.17) is 0 Å². The van der Waals surface area contributed by atoms with E-state index in [1.807, 2.05) is 67.6 Å². The summed E-state index contributed by atoms with van der Waals surface area (Å²) in [5.74, 6) is -0.0278. The molecule has 0 saturated carbocycles. The highest BCUT2D eigenvalue weighted by atomic mass is 32.2. The molecule has 0 aliphatic rings. The maximum atomic E-state index is 13.0. The molecule has 0 aliphatic heterocycles. The Balaban J connectivity index is 1.84. The third-order valence-electron chi connectivity index (χ3n) is 4.12. The van der Waals surface area contributed by atoms with Crippen molar-refractivity contribution >= 4 is 23.3 Å². The summed E-state index contributed by atoms with van der Waals surface area (Å²) in [6.45, 7) is 2.03. The average molecular weight is 360 g/mol.